The zero-order valence-electron chi connectivity index (χ0n) is 21.1. The van der Waals surface area contributed by atoms with Crippen LogP contribution >= 0.6 is 0 Å². The van der Waals surface area contributed by atoms with Gasteiger partial charge < -0.3 is 24.4 Å². The van der Waals surface area contributed by atoms with Crippen molar-refractivity contribution in [2.75, 3.05) is 31.6 Å². The Morgan fingerprint density at radius 3 is 2.62 bits per heavy atom. The molecule has 1 saturated heterocycles. The molecule has 5 rings (SSSR count). The molecule has 1 aliphatic rings. The second-order valence-corrected chi connectivity index (χ2v) is 8.91. The number of fused-ring (bicyclic) bond motifs is 1. The Balaban J connectivity index is 1.37. The Labute approximate surface area is 215 Å². The van der Waals surface area contributed by atoms with Crippen LogP contribution in [0.5, 0.6) is 17.2 Å². The van der Waals surface area contributed by atoms with E-state index in [0.29, 0.717) is 54.5 Å². The van der Waals surface area contributed by atoms with Crippen LogP contribution in [-0.2, 0) is 9.53 Å². The van der Waals surface area contributed by atoms with Crippen molar-refractivity contribution in [1.82, 2.24) is 19.9 Å². The summed E-state index contributed by atoms with van der Waals surface area (Å²) in [5.41, 5.74) is 3.43. The van der Waals surface area contributed by atoms with E-state index < -0.39 is 6.10 Å². The lowest BCUT2D eigenvalue weighted by Gasteiger charge is -2.29. The smallest absolute Gasteiger partial charge is 0.263 e. The highest BCUT2D eigenvalue weighted by atomic mass is 16.5. The van der Waals surface area contributed by atoms with Crippen molar-refractivity contribution in [3.8, 4) is 17.2 Å². The van der Waals surface area contributed by atoms with E-state index in [9.17, 15) is 4.79 Å². The van der Waals surface area contributed by atoms with Gasteiger partial charge >= 0.3 is 0 Å². The quantitative estimate of drug-likeness (QED) is 0.387. The van der Waals surface area contributed by atoms with E-state index in [1.807, 2.05) is 62.4 Å². The lowest BCUT2D eigenvalue weighted by molar-refractivity contribution is -0.142. The summed E-state index contributed by atoms with van der Waals surface area (Å²) in [6.45, 7) is 7.90. The number of anilines is 2. The van der Waals surface area contributed by atoms with Crippen LogP contribution in [0.1, 0.15) is 18.2 Å². The predicted molar refractivity (Wildman–Crippen MR) is 141 cm³/mol. The van der Waals surface area contributed by atoms with Crippen molar-refractivity contribution >= 4 is 28.3 Å². The molecule has 0 aliphatic carbocycles. The first-order chi connectivity index (χ1) is 18.0. The van der Waals surface area contributed by atoms with Gasteiger partial charge in [-0.05, 0) is 68.8 Å². The molecule has 2 aromatic heterocycles. The van der Waals surface area contributed by atoms with E-state index >= 15 is 0 Å². The summed E-state index contributed by atoms with van der Waals surface area (Å²) in [5, 5.41) is 4.09. The van der Waals surface area contributed by atoms with Crippen LogP contribution in [0.15, 0.2) is 61.1 Å². The van der Waals surface area contributed by atoms with Crippen LogP contribution in [0.2, 0.25) is 0 Å². The Morgan fingerprint density at radius 1 is 1.03 bits per heavy atom. The molecular weight excluding hydrogens is 470 g/mol. The van der Waals surface area contributed by atoms with E-state index in [4.69, 9.17) is 14.2 Å². The molecule has 0 bridgehead atoms. The van der Waals surface area contributed by atoms with Gasteiger partial charge in [-0.15, -0.1) is 0 Å². The lowest BCUT2D eigenvalue weighted by Crippen LogP contribution is -2.46. The van der Waals surface area contributed by atoms with Crippen molar-refractivity contribution in [3.05, 3.63) is 72.3 Å². The Morgan fingerprint density at radius 2 is 1.86 bits per heavy atom. The summed E-state index contributed by atoms with van der Waals surface area (Å²) >= 11 is 0. The number of ether oxygens (including phenoxy) is 3. The Kier molecular flexibility index (Phi) is 7.14. The van der Waals surface area contributed by atoms with Crippen LogP contribution in [0.3, 0.4) is 0 Å². The number of rotatable bonds is 7. The molecule has 1 fully saturated rings. The molecule has 9 heteroatoms. The molecule has 1 aliphatic heterocycles. The number of amides is 1. The van der Waals surface area contributed by atoms with Gasteiger partial charge in [0.25, 0.3) is 5.91 Å². The summed E-state index contributed by atoms with van der Waals surface area (Å²) in [6, 6.07) is 15.2. The van der Waals surface area contributed by atoms with Gasteiger partial charge in [0, 0.05) is 24.5 Å². The van der Waals surface area contributed by atoms with Gasteiger partial charge in [-0.3, -0.25) is 9.78 Å². The lowest BCUT2D eigenvalue weighted by atomic mass is 10.1. The molecule has 3 heterocycles. The van der Waals surface area contributed by atoms with Gasteiger partial charge in [0.05, 0.1) is 30.3 Å². The molecule has 0 spiro atoms. The highest BCUT2D eigenvalue weighted by molar-refractivity contribution is 5.96. The van der Waals surface area contributed by atoms with Crippen molar-refractivity contribution in [2.45, 2.75) is 26.9 Å². The number of hydrogen-bond acceptors (Lipinski definition) is 8. The topological polar surface area (TPSA) is 98.7 Å². The molecule has 1 amide bonds. The van der Waals surface area contributed by atoms with Gasteiger partial charge in [-0.2, -0.15) is 0 Å². The van der Waals surface area contributed by atoms with E-state index in [2.05, 4.69) is 20.3 Å². The number of benzene rings is 2. The standard InChI is InChI=1S/C28H29N5O4/c1-18-15-21(8-10-24(18)37-22-9-7-19(2)29-16-22)32-27-26-23(30-17-31-27)5-4-6-25(26)36-20(3)28(34)33-11-13-35-14-12-33/h4-10,15-17,20H,11-14H2,1-3H3,(H,30,31,32)/t20-/m0/s1. The van der Waals surface area contributed by atoms with Crippen LogP contribution < -0.4 is 14.8 Å². The molecular formula is C28H29N5O4. The first kappa shape index (κ1) is 24.5. The number of carbonyl (C=O) groups is 1. The van der Waals surface area contributed by atoms with Gasteiger partial charge in [0.2, 0.25) is 0 Å². The molecule has 1 atom stereocenters. The highest BCUT2D eigenvalue weighted by Crippen LogP contribution is 2.34. The average molecular weight is 500 g/mol. The van der Waals surface area contributed by atoms with E-state index in [-0.39, 0.29) is 5.91 Å². The third-order valence-electron chi connectivity index (χ3n) is 6.15. The first-order valence-corrected chi connectivity index (χ1v) is 12.2. The average Bonchev–Trinajstić information content (AvgIpc) is 2.91. The number of nitrogens with one attached hydrogen (secondary N) is 1. The first-order valence-electron chi connectivity index (χ1n) is 12.2. The highest BCUT2D eigenvalue weighted by Gasteiger charge is 2.25. The minimum atomic E-state index is -0.660. The van der Waals surface area contributed by atoms with E-state index in [0.717, 1.165) is 22.7 Å². The second kappa shape index (κ2) is 10.8. The number of hydrogen-bond donors (Lipinski definition) is 1. The molecule has 0 unspecified atom stereocenters. The van der Waals surface area contributed by atoms with Crippen LogP contribution in [0, 0.1) is 13.8 Å². The largest absolute Gasteiger partial charge is 0.480 e. The molecule has 4 aromatic rings. The third kappa shape index (κ3) is 5.62. The third-order valence-corrected chi connectivity index (χ3v) is 6.15. The molecule has 1 N–H and O–H groups in total. The predicted octanol–water partition coefficient (Wildman–Crippen LogP) is 4.80. The molecule has 37 heavy (non-hydrogen) atoms. The number of carbonyl (C=O) groups excluding carboxylic acids is 1. The zero-order valence-corrected chi connectivity index (χ0v) is 21.1. The fraction of sp³-hybridized carbons (Fsp3) is 0.286. The Bertz CT molecular complexity index is 1400. The Hall–Kier alpha value is -4.24. The van der Waals surface area contributed by atoms with Crippen LogP contribution in [-0.4, -0.2) is 58.2 Å². The minimum Gasteiger partial charge on any atom is -0.480 e. The van der Waals surface area contributed by atoms with Gasteiger partial charge in [0.15, 0.2) is 6.10 Å². The fourth-order valence-electron chi connectivity index (χ4n) is 4.17. The summed E-state index contributed by atoms with van der Waals surface area (Å²) in [7, 11) is 0. The monoisotopic (exact) mass is 499 g/mol. The van der Waals surface area contributed by atoms with Gasteiger partial charge in [-0.1, -0.05) is 6.07 Å². The number of aryl methyl sites for hydroxylation is 2. The number of aromatic nitrogens is 3. The SMILES string of the molecule is Cc1ccc(Oc2ccc(Nc3ncnc4cccc(O[C@@H](C)C(=O)N5CCOCC5)c34)cc2C)cn1. The van der Waals surface area contributed by atoms with Crippen molar-refractivity contribution in [3.63, 3.8) is 0 Å². The molecule has 0 radical (unpaired) electrons. The maximum absolute atomic E-state index is 12.9. The molecule has 9 nitrogen and oxygen atoms in total. The molecule has 0 saturated carbocycles. The maximum Gasteiger partial charge on any atom is 0.263 e. The van der Waals surface area contributed by atoms with Crippen molar-refractivity contribution in [1.29, 1.82) is 0 Å². The number of morpholine rings is 1. The maximum atomic E-state index is 12.9. The second-order valence-electron chi connectivity index (χ2n) is 8.91. The van der Waals surface area contributed by atoms with Crippen LogP contribution in [0.4, 0.5) is 11.5 Å². The van der Waals surface area contributed by atoms with E-state index in [1.54, 1.807) is 18.0 Å². The molecule has 190 valence electrons. The summed E-state index contributed by atoms with van der Waals surface area (Å²) in [4.78, 5) is 27.8. The minimum absolute atomic E-state index is 0.0679. The number of pyridine rings is 1. The number of nitrogens with zero attached hydrogens (tertiary/aromatic N) is 4. The van der Waals surface area contributed by atoms with Crippen LogP contribution in [0.25, 0.3) is 10.9 Å². The van der Waals surface area contributed by atoms with Crippen molar-refractivity contribution in [2.24, 2.45) is 0 Å². The summed E-state index contributed by atoms with van der Waals surface area (Å²) in [5.74, 6) is 2.48. The zero-order chi connectivity index (χ0) is 25.8. The van der Waals surface area contributed by atoms with Crippen molar-refractivity contribution < 1.29 is 19.0 Å². The van der Waals surface area contributed by atoms with E-state index in [1.165, 1.54) is 6.33 Å². The van der Waals surface area contributed by atoms with Gasteiger partial charge in [-0.25, -0.2) is 9.97 Å². The summed E-state index contributed by atoms with van der Waals surface area (Å²) < 4.78 is 17.5. The normalized spacial score (nSPS) is 14.3. The van der Waals surface area contributed by atoms with Gasteiger partial charge in [0.1, 0.15) is 29.4 Å². The molecule has 2 aromatic carbocycles. The fourth-order valence-corrected chi connectivity index (χ4v) is 4.17. The summed E-state index contributed by atoms with van der Waals surface area (Å²) in [6.07, 6.45) is 2.55.